The van der Waals surface area contributed by atoms with Crippen molar-refractivity contribution in [2.24, 2.45) is 0 Å². The number of nitrogens with one attached hydrogen (secondary N) is 2. The van der Waals surface area contributed by atoms with Gasteiger partial charge in [-0.05, 0) is 6.07 Å². The molecule has 0 saturated heterocycles. The van der Waals surface area contributed by atoms with Crippen molar-refractivity contribution >= 4 is 17.4 Å². The Hall–Kier alpha value is -2.19. The number of amides is 2. The molecule has 104 valence electrons. The van der Waals surface area contributed by atoms with Crippen molar-refractivity contribution in [3.8, 4) is 0 Å². The Morgan fingerprint density at radius 1 is 1.37 bits per heavy atom. The quantitative estimate of drug-likeness (QED) is 0.336. The zero-order valence-corrected chi connectivity index (χ0v) is 10.4. The number of rotatable bonds is 7. The van der Waals surface area contributed by atoms with Gasteiger partial charge in [0, 0.05) is 13.2 Å². The fraction of sp³-hybridized carbons (Fsp3) is 0.364. The molecule has 0 aromatic heterocycles. The third-order valence-corrected chi connectivity index (χ3v) is 2.12. The van der Waals surface area contributed by atoms with Gasteiger partial charge in [-0.15, -0.1) is 0 Å². The first-order valence-corrected chi connectivity index (χ1v) is 5.50. The van der Waals surface area contributed by atoms with Gasteiger partial charge in [0.1, 0.15) is 12.4 Å². The number of carbonyl (C=O) groups excluding carboxylic acids is 1. The number of hydrogen-bond donors (Lipinski definition) is 2. The fourth-order valence-electron chi connectivity index (χ4n) is 1.24. The Labute approximate surface area is 109 Å². The predicted molar refractivity (Wildman–Crippen MR) is 67.9 cm³/mol. The lowest BCUT2D eigenvalue weighted by molar-refractivity contribution is -0.383. The number of carbonyl (C=O) groups is 1. The summed E-state index contributed by atoms with van der Waals surface area (Å²) in [6, 6.07) is 5.30. The van der Waals surface area contributed by atoms with E-state index in [4.69, 9.17) is 9.47 Å². The van der Waals surface area contributed by atoms with Crippen molar-refractivity contribution < 1.29 is 19.2 Å². The number of methoxy groups -OCH3 is 1. The first kappa shape index (κ1) is 14.9. The summed E-state index contributed by atoms with van der Waals surface area (Å²) in [5.74, 6) is 0. The van der Waals surface area contributed by atoms with Crippen LogP contribution in [0, 0.1) is 10.1 Å². The largest absolute Gasteiger partial charge is 0.382 e. The van der Waals surface area contributed by atoms with E-state index in [2.05, 4.69) is 10.6 Å². The molecule has 1 aromatic rings. The molecule has 0 saturated carbocycles. The highest BCUT2D eigenvalue weighted by Gasteiger charge is 2.14. The molecule has 8 nitrogen and oxygen atoms in total. The normalized spacial score (nSPS) is 9.95. The van der Waals surface area contributed by atoms with Crippen LogP contribution in [0.3, 0.4) is 0 Å². The van der Waals surface area contributed by atoms with E-state index >= 15 is 0 Å². The van der Waals surface area contributed by atoms with Gasteiger partial charge >= 0.3 is 6.03 Å². The van der Waals surface area contributed by atoms with E-state index in [0.29, 0.717) is 13.2 Å². The average Bonchev–Trinajstić information content (AvgIpc) is 2.39. The Kier molecular flexibility index (Phi) is 6.27. The third kappa shape index (κ3) is 5.32. The Morgan fingerprint density at radius 2 is 2.11 bits per heavy atom. The fourth-order valence-corrected chi connectivity index (χ4v) is 1.24. The van der Waals surface area contributed by atoms with Crippen molar-refractivity contribution in [1.82, 2.24) is 5.32 Å². The van der Waals surface area contributed by atoms with Crippen LogP contribution in [-0.4, -0.2) is 38.0 Å². The number of hydrogen-bond acceptors (Lipinski definition) is 5. The highest BCUT2D eigenvalue weighted by atomic mass is 16.6. The van der Waals surface area contributed by atoms with E-state index in [0.717, 1.165) is 0 Å². The summed E-state index contributed by atoms with van der Waals surface area (Å²) in [6.07, 6.45) is 0. The van der Waals surface area contributed by atoms with Gasteiger partial charge in [0.2, 0.25) is 0 Å². The molecule has 0 unspecified atom stereocenters. The van der Waals surface area contributed by atoms with Gasteiger partial charge in [0.25, 0.3) is 5.69 Å². The smallest absolute Gasteiger partial charge is 0.321 e. The average molecular weight is 269 g/mol. The van der Waals surface area contributed by atoms with Gasteiger partial charge in [-0.2, -0.15) is 0 Å². The molecule has 1 aromatic carbocycles. The molecule has 0 heterocycles. The van der Waals surface area contributed by atoms with E-state index in [-0.39, 0.29) is 18.1 Å². The number of nitro benzene ring substituents is 1. The molecule has 0 radical (unpaired) electrons. The minimum atomic E-state index is -0.577. The van der Waals surface area contributed by atoms with E-state index < -0.39 is 11.0 Å². The number of anilines is 1. The maximum absolute atomic E-state index is 11.5. The minimum absolute atomic E-state index is 0.00414. The van der Waals surface area contributed by atoms with Crippen LogP contribution in [0.5, 0.6) is 0 Å². The van der Waals surface area contributed by atoms with Crippen molar-refractivity contribution in [3.05, 3.63) is 34.4 Å². The molecular weight excluding hydrogens is 254 g/mol. The summed E-state index contributed by atoms with van der Waals surface area (Å²) in [5, 5.41) is 15.5. The zero-order chi connectivity index (χ0) is 14.1. The molecule has 2 amide bonds. The van der Waals surface area contributed by atoms with Crippen LogP contribution in [0.15, 0.2) is 24.3 Å². The Bertz CT molecular complexity index is 438. The molecule has 0 aliphatic carbocycles. The molecule has 0 bridgehead atoms. The molecule has 8 heteroatoms. The maximum Gasteiger partial charge on any atom is 0.321 e. The highest BCUT2D eigenvalue weighted by Crippen LogP contribution is 2.22. The van der Waals surface area contributed by atoms with Crippen molar-refractivity contribution in [3.63, 3.8) is 0 Å². The minimum Gasteiger partial charge on any atom is -0.382 e. The van der Waals surface area contributed by atoms with Crippen LogP contribution in [0.4, 0.5) is 16.2 Å². The van der Waals surface area contributed by atoms with E-state index in [1.165, 1.54) is 25.3 Å². The molecule has 1 rings (SSSR count). The highest BCUT2D eigenvalue weighted by molar-refractivity contribution is 5.91. The number of nitrogens with zero attached hydrogens (tertiary/aromatic N) is 1. The first-order chi connectivity index (χ1) is 9.15. The summed E-state index contributed by atoms with van der Waals surface area (Å²) >= 11 is 0. The second-order valence-corrected chi connectivity index (χ2v) is 3.45. The number of benzene rings is 1. The van der Waals surface area contributed by atoms with Crippen molar-refractivity contribution in [2.75, 3.05) is 32.4 Å². The van der Waals surface area contributed by atoms with Crippen molar-refractivity contribution in [1.29, 1.82) is 0 Å². The summed E-state index contributed by atoms with van der Waals surface area (Å²) in [6.45, 7) is 0.769. The van der Waals surface area contributed by atoms with Gasteiger partial charge in [0.15, 0.2) is 0 Å². The van der Waals surface area contributed by atoms with Gasteiger partial charge in [-0.25, -0.2) is 4.79 Å². The van der Waals surface area contributed by atoms with Crippen LogP contribution in [-0.2, 0) is 9.47 Å². The molecular formula is C11H15N3O5. The van der Waals surface area contributed by atoms with E-state index in [1.54, 1.807) is 6.07 Å². The zero-order valence-electron chi connectivity index (χ0n) is 10.4. The van der Waals surface area contributed by atoms with Crippen LogP contribution in [0.2, 0.25) is 0 Å². The Morgan fingerprint density at radius 3 is 2.79 bits per heavy atom. The summed E-state index contributed by atoms with van der Waals surface area (Å²) in [5.41, 5.74) is -0.0418. The number of para-hydroxylation sites is 2. The van der Waals surface area contributed by atoms with Crippen LogP contribution in [0.1, 0.15) is 0 Å². The van der Waals surface area contributed by atoms with Gasteiger partial charge in [-0.3, -0.25) is 10.1 Å². The molecule has 0 aliphatic rings. The van der Waals surface area contributed by atoms with Gasteiger partial charge in [-0.1, -0.05) is 12.1 Å². The van der Waals surface area contributed by atoms with Gasteiger partial charge < -0.3 is 20.1 Å². The monoisotopic (exact) mass is 269 g/mol. The molecule has 0 aliphatic heterocycles. The molecule has 0 atom stereocenters. The first-order valence-electron chi connectivity index (χ1n) is 5.50. The second kappa shape index (κ2) is 8.01. The SMILES string of the molecule is COCCOCNC(=O)Nc1ccccc1[N+](=O)[O-]. The predicted octanol–water partition coefficient (Wildman–Crippen LogP) is 1.34. The molecule has 0 fully saturated rings. The standard InChI is InChI=1S/C11H15N3O5/c1-18-6-7-19-8-12-11(15)13-9-4-2-3-5-10(9)14(16)17/h2-5H,6-8H2,1H3,(H2,12,13,15). The number of urea groups is 1. The molecule has 0 spiro atoms. The summed E-state index contributed by atoms with van der Waals surface area (Å²) in [7, 11) is 1.54. The topological polar surface area (TPSA) is 103 Å². The van der Waals surface area contributed by atoms with Crippen molar-refractivity contribution in [2.45, 2.75) is 0 Å². The van der Waals surface area contributed by atoms with Crippen LogP contribution >= 0.6 is 0 Å². The number of ether oxygens (including phenoxy) is 2. The van der Waals surface area contributed by atoms with Crippen LogP contribution < -0.4 is 10.6 Å². The number of nitro groups is 1. The lowest BCUT2D eigenvalue weighted by Crippen LogP contribution is -2.31. The third-order valence-electron chi connectivity index (χ3n) is 2.12. The van der Waals surface area contributed by atoms with E-state index in [9.17, 15) is 14.9 Å². The lowest BCUT2D eigenvalue weighted by atomic mass is 10.3. The second-order valence-electron chi connectivity index (χ2n) is 3.45. The summed E-state index contributed by atoms with van der Waals surface area (Å²) < 4.78 is 9.79. The Balaban J connectivity index is 2.42. The lowest BCUT2D eigenvalue weighted by Gasteiger charge is -2.08. The molecule has 19 heavy (non-hydrogen) atoms. The van der Waals surface area contributed by atoms with Gasteiger partial charge in [0.05, 0.1) is 18.1 Å². The molecule has 2 N–H and O–H groups in total. The maximum atomic E-state index is 11.5. The van der Waals surface area contributed by atoms with Crippen LogP contribution in [0.25, 0.3) is 0 Å². The van der Waals surface area contributed by atoms with E-state index in [1.807, 2.05) is 0 Å². The summed E-state index contributed by atoms with van der Waals surface area (Å²) in [4.78, 5) is 21.6.